The number of hydrogen-bond donors (Lipinski definition) is 0. The molecule has 1 aromatic heterocycles. The molecule has 1 heterocycles. The van der Waals surface area contributed by atoms with Crippen LogP contribution in [-0.2, 0) is 6.18 Å². The van der Waals surface area contributed by atoms with Crippen molar-refractivity contribution in [1.82, 2.24) is 9.97 Å². The van der Waals surface area contributed by atoms with Crippen molar-refractivity contribution in [2.24, 2.45) is 0 Å². The van der Waals surface area contributed by atoms with E-state index in [0.717, 1.165) is 17.2 Å². The van der Waals surface area contributed by atoms with Crippen molar-refractivity contribution < 1.29 is 30.7 Å². The highest BCUT2D eigenvalue weighted by Crippen LogP contribution is 2.35. The standard InChI is InChI=1S/C28H17F7N2/c1-2-3-22(29)26(32)19-10-8-17(9-11-19)16-4-6-18(7-5-16)21-14-36-27(37-15-21)20-12-23(30)25(24(31)13-20)28(33,34)35/h2-15H,1H3/b3-2+,26-22+. The van der Waals surface area contributed by atoms with Gasteiger partial charge in [0.2, 0.25) is 0 Å². The fourth-order valence-corrected chi connectivity index (χ4v) is 3.62. The molecule has 0 N–H and O–H groups in total. The molecule has 0 aliphatic heterocycles. The molecular formula is C28H17F7N2. The topological polar surface area (TPSA) is 25.8 Å². The van der Waals surface area contributed by atoms with Crippen LogP contribution in [0.2, 0.25) is 0 Å². The number of nitrogens with zero attached hydrogens (tertiary/aromatic N) is 2. The van der Waals surface area contributed by atoms with Crippen molar-refractivity contribution in [2.75, 3.05) is 0 Å². The summed E-state index contributed by atoms with van der Waals surface area (Å²) >= 11 is 0. The molecular weight excluding hydrogens is 497 g/mol. The van der Waals surface area contributed by atoms with Gasteiger partial charge in [-0.3, -0.25) is 0 Å². The molecule has 0 fully saturated rings. The van der Waals surface area contributed by atoms with Gasteiger partial charge >= 0.3 is 6.18 Å². The molecule has 0 bridgehead atoms. The van der Waals surface area contributed by atoms with E-state index in [1.807, 2.05) is 0 Å². The summed E-state index contributed by atoms with van der Waals surface area (Å²) in [6.07, 6.45) is 0.0428. The number of benzene rings is 3. The Balaban J connectivity index is 1.54. The van der Waals surface area contributed by atoms with E-state index in [-0.39, 0.29) is 17.0 Å². The number of hydrogen-bond acceptors (Lipinski definition) is 2. The Morgan fingerprint density at radius 1 is 0.703 bits per heavy atom. The second kappa shape index (κ2) is 10.4. The van der Waals surface area contributed by atoms with Gasteiger partial charge in [0.05, 0.1) is 0 Å². The molecule has 3 aromatic carbocycles. The van der Waals surface area contributed by atoms with Gasteiger partial charge in [-0.1, -0.05) is 54.6 Å². The first kappa shape index (κ1) is 25.8. The lowest BCUT2D eigenvalue weighted by Crippen LogP contribution is -2.11. The third-order valence-corrected chi connectivity index (χ3v) is 5.45. The second-order valence-electron chi connectivity index (χ2n) is 7.92. The van der Waals surface area contributed by atoms with E-state index >= 15 is 0 Å². The van der Waals surface area contributed by atoms with Gasteiger partial charge in [-0.25, -0.2) is 27.5 Å². The van der Waals surface area contributed by atoms with E-state index in [0.29, 0.717) is 23.3 Å². The summed E-state index contributed by atoms with van der Waals surface area (Å²) in [5.41, 5.74) is 0.759. The summed E-state index contributed by atoms with van der Waals surface area (Å²) < 4.78 is 93.9. The molecule has 9 heteroatoms. The van der Waals surface area contributed by atoms with Crippen LogP contribution in [0.3, 0.4) is 0 Å². The third kappa shape index (κ3) is 5.61. The average Bonchev–Trinajstić information content (AvgIpc) is 2.87. The maximum atomic E-state index is 14.1. The van der Waals surface area contributed by atoms with Crippen molar-refractivity contribution in [3.63, 3.8) is 0 Å². The summed E-state index contributed by atoms with van der Waals surface area (Å²) in [4.78, 5) is 8.07. The van der Waals surface area contributed by atoms with Crippen molar-refractivity contribution in [1.29, 1.82) is 0 Å². The minimum atomic E-state index is -5.16. The second-order valence-corrected chi connectivity index (χ2v) is 7.92. The molecule has 4 aromatic rings. The first-order chi connectivity index (χ1) is 17.6. The smallest absolute Gasteiger partial charge is 0.236 e. The van der Waals surface area contributed by atoms with Crippen molar-refractivity contribution in [2.45, 2.75) is 13.1 Å². The Hall–Kier alpha value is -4.27. The van der Waals surface area contributed by atoms with E-state index in [9.17, 15) is 30.7 Å². The summed E-state index contributed by atoms with van der Waals surface area (Å²) in [5.74, 6) is -5.55. The van der Waals surface area contributed by atoms with E-state index in [1.54, 1.807) is 43.3 Å². The molecule has 0 spiro atoms. The highest BCUT2D eigenvalue weighted by atomic mass is 19.4. The van der Waals surface area contributed by atoms with Crippen LogP contribution in [0, 0.1) is 11.6 Å². The highest BCUT2D eigenvalue weighted by Gasteiger charge is 2.38. The van der Waals surface area contributed by atoms with E-state index in [2.05, 4.69) is 9.97 Å². The minimum Gasteiger partial charge on any atom is -0.236 e. The Morgan fingerprint density at radius 2 is 1.16 bits per heavy atom. The molecule has 0 aliphatic rings. The molecule has 188 valence electrons. The fraction of sp³-hybridized carbons (Fsp3) is 0.0714. The summed E-state index contributed by atoms with van der Waals surface area (Å²) in [7, 11) is 0. The SMILES string of the molecule is C/C=C/C(F)=C(\F)c1ccc(-c2ccc(-c3cnc(-c4cc(F)c(C(F)(F)F)c(F)c4)nc3)cc2)cc1. The first-order valence-electron chi connectivity index (χ1n) is 10.9. The Labute approximate surface area is 207 Å². The molecule has 0 saturated carbocycles. The maximum Gasteiger partial charge on any atom is 0.422 e. The van der Waals surface area contributed by atoms with Gasteiger partial charge in [0.15, 0.2) is 17.5 Å². The van der Waals surface area contributed by atoms with Crippen molar-refractivity contribution in [3.8, 4) is 33.6 Å². The lowest BCUT2D eigenvalue weighted by Gasteiger charge is -2.11. The molecule has 0 amide bonds. The predicted octanol–water partition coefficient (Wildman–Crippen LogP) is 8.96. The van der Waals surface area contributed by atoms with Gasteiger partial charge < -0.3 is 0 Å². The largest absolute Gasteiger partial charge is 0.422 e. The van der Waals surface area contributed by atoms with Gasteiger partial charge in [-0.15, -0.1) is 0 Å². The van der Waals surface area contributed by atoms with Gasteiger partial charge in [0.25, 0.3) is 0 Å². The molecule has 0 unspecified atom stereocenters. The maximum absolute atomic E-state index is 14.1. The highest BCUT2D eigenvalue weighted by molar-refractivity contribution is 5.72. The molecule has 0 aliphatic carbocycles. The zero-order valence-corrected chi connectivity index (χ0v) is 19.1. The fourth-order valence-electron chi connectivity index (χ4n) is 3.62. The number of aromatic nitrogens is 2. The molecule has 4 rings (SSSR count). The lowest BCUT2D eigenvalue weighted by molar-refractivity contribution is -0.142. The van der Waals surface area contributed by atoms with Crippen LogP contribution in [0.25, 0.3) is 39.5 Å². The zero-order chi connectivity index (χ0) is 26.7. The van der Waals surface area contributed by atoms with Gasteiger partial charge in [0, 0.05) is 29.1 Å². The van der Waals surface area contributed by atoms with Crippen molar-refractivity contribution in [3.05, 3.63) is 114 Å². The van der Waals surface area contributed by atoms with Crippen molar-refractivity contribution >= 4 is 5.83 Å². The molecule has 0 saturated heterocycles. The third-order valence-electron chi connectivity index (χ3n) is 5.45. The Kier molecular flexibility index (Phi) is 7.24. The normalized spacial score (nSPS) is 12.6. The van der Waals surface area contributed by atoms with Crippen LogP contribution in [0.5, 0.6) is 0 Å². The molecule has 0 radical (unpaired) electrons. The monoisotopic (exact) mass is 514 g/mol. The van der Waals surface area contributed by atoms with E-state index in [4.69, 9.17) is 0 Å². The zero-order valence-electron chi connectivity index (χ0n) is 19.1. The van der Waals surface area contributed by atoms with E-state index in [1.165, 1.54) is 30.6 Å². The van der Waals surface area contributed by atoms with Gasteiger partial charge in [0.1, 0.15) is 17.2 Å². The number of halogens is 7. The van der Waals surface area contributed by atoms with Crippen LogP contribution in [0.4, 0.5) is 30.7 Å². The molecule has 2 nitrogen and oxygen atoms in total. The quantitative estimate of drug-likeness (QED) is 0.196. The average molecular weight is 514 g/mol. The van der Waals surface area contributed by atoms with Crippen LogP contribution < -0.4 is 0 Å². The lowest BCUT2D eigenvalue weighted by atomic mass is 10.0. The molecule has 37 heavy (non-hydrogen) atoms. The summed E-state index contributed by atoms with van der Waals surface area (Å²) in [6, 6.07) is 14.5. The minimum absolute atomic E-state index is 0.112. The van der Waals surface area contributed by atoms with Crippen LogP contribution in [0.15, 0.2) is 91.0 Å². The van der Waals surface area contributed by atoms with Crippen LogP contribution in [-0.4, -0.2) is 9.97 Å². The number of alkyl halides is 3. The Bertz CT molecular complexity index is 1450. The van der Waals surface area contributed by atoms with E-state index < -0.39 is 35.0 Å². The van der Waals surface area contributed by atoms with Crippen LogP contribution in [0.1, 0.15) is 18.1 Å². The number of allylic oxidation sites excluding steroid dienone is 3. The number of rotatable bonds is 5. The van der Waals surface area contributed by atoms with Gasteiger partial charge in [-0.05, 0) is 41.8 Å². The van der Waals surface area contributed by atoms with Gasteiger partial charge in [-0.2, -0.15) is 13.2 Å². The Morgan fingerprint density at radius 3 is 1.62 bits per heavy atom. The summed E-state index contributed by atoms with van der Waals surface area (Å²) in [5, 5.41) is 0. The first-order valence-corrected chi connectivity index (χ1v) is 10.9. The van der Waals surface area contributed by atoms with Crippen LogP contribution >= 0.6 is 0 Å². The summed E-state index contributed by atoms with van der Waals surface area (Å²) in [6.45, 7) is 1.58. The molecule has 0 atom stereocenters. The predicted molar refractivity (Wildman–Crippen MR) is 127 cm³/mol.